The van der Waals surface area contributed by atoms with Crippen molar-refractivity contribution in [3.63, 3.8) is 0 Å². The van der Waals surface area contributed by atoms with Crippen LogP contribution in [0.25, 0.3) is 33.6 Å². The second kappa shape index (κ2) is 8.88. The predicted molar refractivity (Wildman–Crippen MR) is 138 cm³/mol. The summed E-state index contributed by atoms with van der Waals surface area (Å²) in [5.41, 5.74) is 9.94. The van der Waals surface area contributed by atoms with Crippen LogP contribution >= 0.6 is 0 Å². The first-order chi connectivity index (χ1) is 16.7. The lowest BCUT2D eigenvalue weighted by Gasteiger charge is -2.10. The number of H-pyrrole nitrogens is 2. The van der Waals surface area contributed by atoms with Crippen LogP contribution < -0.4 is 5.32 Å². The molecule has 0 amide bonds. The Balaban J connectivity index is 1.28. The smallest absolute Gasteiger partial charge is 0.124 e. The predicted octanol–water partition coefficient (Wildman–Crippen LogP) is 6.56. The first-order valence-corrected chi connectivity index (χ1v) is 12.8. The van der Waals surface area contributed by atoms with Gasteiger partial charge in [0.2, 0.25) is 0 Å². The molecule has 2 aliphatic rings. The van der Waals surface area contributed by atoms with Crippen molar-refractivity contribution >= 4 is 0 Å². The average molecular weight is 452 g/mol. The summed E-state index contributed by atoms with van der Waals surface area (Å²) in [6.07, 6.45) is 8.75. The zero-order valence-corrected chi connectivity index (χ0v) is 20.1. The zero-order chi connectivity index (χ0) is 23.1. The number of nitrogens with zero attached hydrogens (tertiary/aromatic N) is 2. The molecule has 34 heavy (non-hydrogen) atoms. The van der Waals surface area contributed by atoms with Gasteiger partial charge in [-0.2, -0.15) is 0 Å². The van der Waals surface area contributed by atoms with Crippen LogP contribution in [0.1, 0.15) is 74.4 Å². The lowest BCUT2D eigenvalue weighted by Crippen LogP contribution is -2.14. The molecule has 4 aromatic rings. The van der Waals surface area contributed by atoms with Gasteiger partial charge >= 0.3 is 0 Å². The number of benzene rings is 2. The Labute approximate surface area is 201 Å². The lowest BCUT2D eigenvalue weighted by atomic mass is 9.95. The van der Waals surface area contributed by atoms with Crippen LogP contribution in [0.15, 0.2) is 48.7 Å². The van der Waals surface area contributed by atoms with Gasteiger partial charge in [-0.25, -0.2) is 9.97 Å². The van der Waals surface area contributed by atoms with Crippen LogP contribution in [0.2, 0.25) is 0 Å². The number of aromatic nitrogens is 4. The molecule has 1 aliphatic carbocycles. The second-order valence-electron chi connectivity index (χ2n) is 9.89. The van der Waals surface area contributed by atoms with E-state index in [0.29, 0.717) is 12.0 Å². The summed E-state index contributed by atoms with van der Waals surface area (Å²) in [7, 11) is 0. The van der Waals surface area contributed by atoms with E-state index in [1.165, 1.54) is 46.4 Å². The monoisotopic (exact) mass is 451 g/mol. The third kappa shape index (κ3) is 3.88. The van der Waals surface area contributed by atoms with Gasteiger partial charge in [0.05, 0.1) is 23.6 Å². The van der Waals surface area contributed by atoms with Crippen molar-refractivity contribution in [3.05, 3.63) is 71.6 Å². The highest BCUT2D eigenvalue weighted by Gasteiger charge is 2.24. The summed E-state index contributed by atoms with van der Waals surface area (Å²) < 4.78 is 0. The molecular weight excluding hydrogens is 418 g/mol. The maximum atomic E-state index is 5.07. The molecule has 0 unspecified atom stereocenters. The summed E-state index contributed by atoms with van der Waals surface area (Å²) in [6.45, 7) is 5.50. The number of nitrogens with one attached hydrogen (secondary N) is 3. The van der Waals surface area contributed by atoms with Crippen LogP contribution in [-0.2, 0) is 12.8 Å². The van der Waals surface area contributed by atoms with Gasteiger partial charge in [0, 0.05) is 17.2 Å². The summed E-state index contributed by atoms with van der Waals surface area (Å²) in [6, 6.07) is 16.1. The summed E-state index contributed by atoms with van der Waals surface area (Å²) in [4.78, 5) is 16.8. The zero-order valence-electron chi connectivity index (χ0n) is 20.1. The van der Waals surface area contributed by atoms with E-state index in [-0.39, 0.29) is 0 Å². The van der Waals surface area contributed by atoms with Crippen LogP contribution in [0.3, 0.4) is 0 Å². The Kier molecular flexibility index (Phi) is 5.58. The number of fused-ring (bicyclic) bond motifs is 3. The minimum atomic E-state index is 0.379. The quantitative estimate of drug-likeness (QED) is 0.322. The molecule has 0 spiro atoms. The minimum absolute atomic E-state index is 0.379. The maximum Gasteiger partial charge on any atom is 0.124 e. The molecule has 3 heterocycles. The minimum Gasteiger partial charge on any atom is -0.344 e. The van der Waals surface area contributed by atoms with Gasteiger partial charge in [0.1, 0.15) is 11.6 Å². The lowest BCUT2D eigenvalue weighted by molar-refractivity contribution is 0.610. The van der Waals surface area contributed by atoms with Gasteiger partial charge in [-0.15, -0.1) is 0 Å². The number of hydrogen-bond donors (Lipinski definition) is 3. The highest BCUT2D eigenvalue weighted by molar-refractivity contribution is 5.75. The van der Waals surface area contributed by atoms with Crippen LogP contribution in [0.4, 0.5) is 0 Å². The summed E-state index contributed by atoms with van der Waals surface area (Å²) in [5.74, 6) is 2.63. The molecule has 6 rings (SSSR count). The topological polar surface area (TPSA) is 69.4 Å². The van der Waals surface area contributed by atoms with Gasteiger partial charge in [0.15, 0.2) is 0 Å². The van der Waals surface area contributed by atoms with Crippen molar-refractivity contribution in [2.45, 2.75) is 64.3 Å². The molecular formula is C29H33N5. The Morgan fingerprint density at radius 3 is 2.59 bits per heavy atom. The third-order valence-corrected chi connectivity index (χ3v) is 7.62. The third-order valence-electron chi connectivity index (χ3n) is 7.62. The van der Waals surface area contributed by atoms with Gasteiger partial charge in [-0.3, -0.25) is 0 Å². The van der Waals surface area contributed by atoms with E-state index in [2.05, 4.69) is 76.6 Å². The molecule has 0 bridgehead atoms. The fourth-order valence-corrected chi connectivity index (χ4v) is 5.35. The van der Waals surface area contributed by atoms with Crippen LogP contribution in [0, 0.1) is 0 Å². The highest BCUT2D eigenvalue weighted by Crippen LogP contribution is 2.36. The van der Waals surface area contributed by atoms with Crippen molar-refractivity contribution in [2.75, 3.05) is 6.54 Å². The first-order valence-electron chi connectivity index (χ1n) is 12.8. The SMILES string of the molecule is CC[C@@H](C)c1ncc(-c2ccc(-c3ccc4c(c3)CCCc3[nH]c([C@@H]5CCCN5)nc3-4)cc2)[nH]1. The molecule has 2 aromatic heterocycles. The fourth-order valence-electron chi connectivity index (χ4n) is 5.35. The summed E-state index contributed by atoms with van der Waals surface area (Å²) >= 11 is 0. The van der Waals surface area contributed by atoms with E-state index in [4.69, 9.17) is 4.98 Å². The molecule has 1 fully saturated rings. The van der Waals surface area contributed by atoms with Gasteiger partial charge < -0.3 is 15.3 Å². The van der Waals surface area contributed by atoms with Crippen LogP contribution in [-0.4, -0.2) is 26.5 Å². The molecule has 2 atom stereocenters. The number of rotatable bonds is 5. The molecule has 2 aromatic carbocycles. The van der Waals surface area contributed by atoms with Gasteiger partial charge in [0.25, 0.3) is 0 Å². The van der Waals surface area contributed by atoms with Crippen molar-refractivity contribution in [1.82, 2.24) is 25.3 Å². The van der Waals surface area contributed by atoms with Crippen molar-refractivity contribution in [1.29, 1.82) is 0 Å². The molecule has 3 N–H and O–H groups in total. The number of aromatic amines is 2. The Hall–Kier alpha value is -3.18. The number of imidazole rings is 2. The molecule has 174 valence electrons. The van der Waals surface area contributed by atoms with E-state index in [1.54, 1.807) is 0 Å². The fraction of sp³-hybridized carbons (Fsp3) is 0.379. The largest absolute Gasteiger partial charge is 0.344 e. The van der Waals surface area contributed by atoms with Crippen molar-refractivity contribution in [2.24, 2.45) is 0 Å². The number of hydrogen-bond acceptors (Lipinski definition) is 3. The normalized spacial score (nSPS) is 18.4. The highest BCUT2D eigenvalue weighted by atomic mass is 15.0. The molecule has 0 radical (unpaired) electrons. The van der Waals surface area contributed by atoms with Crippen molar-refractivity contribution in [3.8, 4) is 33.6 Å². The second-order valence-corrected chi connectivity index (χ2v) is 9.89. The van der Waals surface area contributed by atoms with E-state index in [0.717, 1.165) is 55.3 Å². The first kappa shape index (κ1) is 21.4. The van der Waals surface area contributed by atoms with Crippen LogP contribution in [0.5, 0.6) is 0 Å². The summed E-state index contributed by atoms with van der Waals surface area (Å²) in [5, 5.41) is 3.58. The van der Waals surface area contributed by atoms with E-state index < -0.39 is 0 Å². The molecule has 5 heteroatoms. The Bertz CT molecular complexity index is 1290. The Morgan fingerprint density at radius 2 is 1.79 bits per heavy atom. The average Bonchev–Trinajstić information content (AvgIpc) is 3.63. The standard InChI is InChI=1S/C29H33N5/c1-3-18(2)28-31-17-26(33-28)20-11-9-19(10-12-20)21-13-14-23-22(16-21)6-4-7-24-27(23)34-29(32-24)25-8-5-15-30-25/h9-14,16-18,25,30H,3-8,15H2,1-2H3,(H,31,33)(H,32,34)/t18-,25+/m1/s1. The maximum absolute atomic E-state index is 5.07. The number of aryl methyl sites for hydroxylation is 2. The molecule has 1 saturated heterocycles. The Morgan fingerprint density at radius 1 is 0.971 bits per heavy atom. The van der Waals surface area contributed by atoms with E-state index >= 15 is 0 Å². The van der Waals surface area contributed by atoms with Gasteiger partial charge in [-0.1, -0.05) is 56.3 Å². The van der Waals surface area contributed by atoms with E-state index in [1.807, 2.05) is 6.20 Å². The van der Waals surface area contributed by atoms with Gasteiger partial charge in [-0.05, 0) is 67.3 Å². The molecule has 1 aliphatic heterocycles. The molecule has 0 saturated carbocycles. The van der Waals surface area contributed by atoms with E-state index in [9.17, 15) is 0 Å². The molecule has 5 nitrogen and oxygen atoms in total. The van der Waals surface area contributed by atoms with Crippen molar-refractivity contribution < 1.29 is 0 Å².